The molecule has 0 aliphatic carbocycles. The number of thioether (sulfide) groups is 1. The number of benzene rings is 1. The van der Waals surface area contributed by atoms with Crippen LogP contribution in [-0.2, 0) is 5.75 Å². The maximum Gasteiger partial charge on any atom is 0.180 e. The lowest BCUT2D eigenvalue weighted by atomic mass is 9.91. The molecule has 0 aliphatic heterocycles. The summed E-state index contributed by atoms with van der Waals surface area (Å²) in [5.74, 6) is 0.820. The van der Waals surface area contributed by atoms with Crippen molar-refractivity contribution in [1.82, 2.24) is 0 Å². The summed E-state index contributed by atoms with van der Waals surface area (Å²) >= 11 is 1.50. The molecule has 0 fully saturated rings. The van der Waals surface area contributed by atoms with Crippen LogP contribution in [0.15, 0.2) is 40.5 Å². The largest absolute Gasteiger partial charge is 0.377 e. The number of rotatable bonds is 3. The maximum atomic E-state index is 5.82. The van der Waals surface area contributed by atoms with Crippen molar-refractivity contribution in [3.05, 3.63) is 35.9 Å². The van der Waals surface area contributed by atoms with Crippen molar-refractivity contribution < 1.29 is 0 Å². The van der Waals surface area contributed by atoms with Crippen LogP contribution in [0, 0.1) is 5.41 Å². The van der Waals surface area contributed by atoms with Crippen molar-refractivity contribution in [1.29, 1.82) is 0 Å². The van der Waals surface area contributed by atoms with Crippen molar-refractivity contribution >= 4 is 22.6 Å². The minimum atomic E-state index is 0.0356. The monoisotopic (exact) mass is 263 g/mol. The van der Waals surface area contributed by atoms with Crippen molar-refractivity contribution in [2.45, 2.75) is 33.4 Å². The Kier molecular flexibility index (Phi) is 5.41. The van der Waals surface area contributed by atoms with Gasteiger partial charge in [-0.2, -0.15) is 5.10 Å². The summed E-state index contributed by atoms with van der Waals surface area (Å²) in [5.41, 5.74) is 8.07. The summed E-state index contributed by atoms with van der Waals surface area (Å²) in [4.78, 5) is 0. The van der Waals surface area contributed by atoms with Gasteiger partial charge in [0.15, 0.2) is 5.17 Å². The average molecular weight is 263 g/mol. The Hall–Kier alpha value is -1.29. The van der Waals surface area contributed by atoms with E-state index >= 15 is 0 Å². The molecule has 1 aromatic carbocycles. The molecule has 0 unspecified atom stereocenters. The summed E-state index contributed by atoms with van der Waals surface area (Å²) < 4.78 is 0. The van der Waals surface area contributed by atoms with E-state index in [9.17, 15) is 0 Å². The van der Waals surface area contributed by atoms with Crippen LogP contribution in [0.3, 0.4) is 0 Å². The van der Waals surface area contributed by atoms with Gasteiger partial charge in [0.25, 0.3) is 0 Å². The lowest BCUT2D eigenvalue weighted by Crippen LogP contribution is -2.16. The lowest BCUT2D eigenvalue weighted by Gasteiger charge is -2.16. The molecule has 0 bridgehead atoms. The highest BCUT2D eigenvalue weighted by Gasteiger charge is 2.13. The van der Waals surface area contributed by atoms with E-state index in [-0.39, 0.29) is 5.41 Å². The molecule has 0 aliphatic rings. The van der Waals surface area contributed by atoms with Gasteiger partial charge in [0.2, 0.25) is 0 Å². The summed E-state index contributed by atoms with van der Waals surface area (Å²) in [6.07, 6.45) is 0. The van der Waals surface area contributed by atoms with Gasteiger partial charge in [0, 0.05) is 16.9 Å². The molecule has 0 saturated heterocycles. The molecule has 1 aromatic rings. The van der Waals surface area contributed by atoms with Crippen molar-refractivity contribution in [3.63, 3.8) is 0 Å². The second kappa shape index (κ2) is 6.59. The Bertz CT molecular complexity index is 430. The van der Waals surface area contributed by atoms with Crippen LogP contribution in [-0.4, -0.2) is 10.9 Å². The molecule has 0 atom stereocenters. The van der Waals surface area contributed by atoms with Crippen LogP contribution < -0.4 is 5.73 Å². The van der Waals surface area contributed by atoms with Gasteiger partial charge in [0.1, 0.15) is 0 Å². The predicted molar refractivity (Wildman–Crippen MR) is 81.9 cm³/mol. The first-order valence-electron chi connectivity index (χ1n) is 5.94. The van der Waals surface area contributed by atoms with Gasteiger partial charge in [-0.3, -0.25) is 0 Å². The van der Waals surface area contributed by atoms with E-state index in [2.05, 4.69) is 43.1 Å². The van der Waals surface area contributed by atoms with Gasteiger partial charge in [-0.1, -0.05) is 62.9 Å². The molecule has 0 saturated carbocycles. The Labute approximate surface area is 114 Å². The molecule has 0 heterocycles. The predicted octanol–water partition coefficient (Wildman–Crippen LogP) is 3.66. The minimum Gasteiger partial charge on any atom is -0.377 e. The second-order valence-electron chi connectivity index (χ2n) is 5.15. The molecule has 1 rings (SSSR count). The van der Waals surface area contributed by atoms with Crippen LogP contribution >= 0.6 is 11.8 Å². The molecule has 4 heteroatoms. The topological polar surface area (TPSA) is 50.7 Å². The van der Waals surface area contributed by atoms with E-state index in [0.29, 0.717) is 5.17 Å². The zero-order valence-electron chi connectivity index (χ0n) is 11.5. The van der Waals surface area contributed by atoms with Gasteiger partial charge in [-0.05, 0) is 12.5 Å². The highest BCUT2D eigenvalue weighted by molar-refractivity contribution is 8.13. The van der Waals surface area contributed by atoms with E-state index in [4.69, 9.17) is 5.73 Å². The van der Waals surface area contributed by atoms with Crippen molar-refractivity contribution in [2.24, 2.45) is 21.4 Å². The van der Waals surface area contributed by atoms with Gasteiger partial charge in [-0.25, -0.2) is 0 Å². The number of nitrogens with two attached hydrogens (primary N) is 1. The SMILES string of the molecule is C/C(=N/N=C(/N)SCc1ccccc1)C(C)(C)C. The molecule has 0 amide bonds. The van der Waals surface area contributed by atoms with E-state index in [1.165, 1.54) is 17.3 Å². The first-order chi connectivity index (χ1) is 8.39. The maximum absolute atomic E-state index is 5.82. The van der Waals surface area contributed by atoms with Crippen LogP contribution in [0.5, 0.6) is 0 Å². The van der Waals surface area contributed by atoms with Crippen molar-refractivity contribution in [3.8, 4) is 0 Å². The third-order valence-corrected chi connectivity index (χ3v) is 3.47. The van der Waals surface area contributed by atoms with E-state index in [1.807, 2.05) is 25.1 Å². The molecule has 0 radical (unpaired) electrons. The van der Waals surface area contributed by atoms with Crippen LogP contribution in [0.2, 0.25) is 0 Å². The number of hydrogen-bond acceptors (Lipinski definition) is 3. The van der Waals surface area contributed by atoms with Crippen LogP contribution in [0.1, 0.15) is 33.3 Å². The highest BCUT2D eigenvalue weighted by atomic mass is 32.2. The van der Waals surface area contributed by atoms with E-state index in [0.717, 1.165) is 11.5 Å². The molecule has 0 spiro atoms. The summed E-state index contributed by atoms with van der Waals surface area (Å²) in [6.45, 7) is 8.29. The number of hydrogen-bond donors (Lipinski definition) is 1. The Balaban J connectivity index is 2.53. The molecule has 18 heavy (non-hydrogen) atoms. The Morgan fingerprint density at radius 3 is 2.33 bits per heavy atom. The lowest BCUT2D eigenvalue weighted by molar-refractivity contribution is 0.585. The fraction of sp³-hybridized carbons (Fsp3) is 0.429. The number of nitrogens with zero attached hydrogens (tertiary/aromatic N) is 2. The first kappa shape index (κ1) is 14.8. The van der Waals surface area contributed by atoms with Crippen molar-refractivity contribution in [2.75, 3.05) is 0 Å². The fourth-order valence-corrected chi connectivity index (χ4v) is 1.64. The molecule has 3 nitrogen and oxygen atoms in total. The molecule has 0 aromatic heterocycles. The first-order valence-corrected chi connectivity index (χ1v) is 6.93. The van der Waals surface area contributed by atoms with Gasteiger partial charge >= 0.3 is 0 Å². The third-order valence-electron chi connectivity index (χ3n) is 2.61. The van der Waals surface area contributed by atoms with Gasteiger partial charge in [-0.15, -0.1) is 5.10 Å². The highest BCUT2D eigenvalue weighted by Crippen LogP contribution is 2.16. The van der Waals surface area contributed by atoms with Gasteiger partial charge < -0.3 is 5.73 Å². The molecule has 98 valence electrons. The number of amidine groups is 1. The molecule has 2 N–H and O–H groups in total. The minimum absolute atomic E-state index is 0.0356. The Morgan fingerprint density at radius 1 is 1.17 bits per heavy atom. The average Bonchev–Trinajstić information content (AvgIpc) is 2.33. The van der Waals surface area contributed by atoms with Gasteiger partial charge in [0.05, 0.1) is 0 Å². The zero-order valence-corrected chi connectivity index (χ0v) is 12.3. The molecular formula is C14H21N3S. The van der Waals surface area contributed by atoms with E-state index in [1.54, 1.807) is 0 Å². The normalized spacial score (nSPS) is 13.8. The van der Waals surface area contributed by atoms with Crippen LogP contribution in [0.4, 0.5) is 0 Å². The molecular weight excluding hydrogens is 242 g/mol. The fourth-order valence-electron chi connectivity index (χ4n) is 1.03. The smallest absolute Gasteiger partial charge is 0.180 e. The van der Waals surface area contributed by atoms with E-state index < -0.39 is 0 Å². The Morgan fingerprint density at radius 2 is 1.78 bits per heavy atom. The third kappa shape index (κ3) is 5.36. The standard InChI is InChI=1S/C14H21N3S/c1-11(14(2,3)4)16-17-13(15)18-10-12-8-6-5-7-9-12/h5-9H,10H2,1-4H3,(H2,15,17)/b16-11-. The summed E-state index contributed by atoms with van der Waals surface area (Å²) in [5, 5.41) is 8.72. The quantitative estimate of drug-likeness (QED) is 0.514. The zero-order chi connectivity index (χ0) is 13.6. The summed E-state index contributed by atoms with van der Waals surface area (Å²) in [7, 11) is 0. The van der Waals surface area contributed by atoms with Crippen LogP contribution in [0.25, 0.3) is 0 Å². The second-order valence-corrected chi connectivity index (χ2v) is 6.14. The summed E-state index contributed by atoms with van der Waals surface area (Å²) in [6, 6.07) is 10.2.